The molecule has 1 rings (SSSR count). The number of benzene rings is 1. The van der Waals surface area contributed by atoms with Crippen LogP contribution in [-0.2, 0) is 0 Å². The van der Waals surface area contributed by atoms with E-state index in [1.165, 1.54) is 5.56 Å². The van der Waals surface area contributed by atoms with Crippen LogP contribution in [0.1, 0.15) is 38.7 Å². The van der Waals surface area contributed by atoms with E-state index in [2.05, 4.69) is 42.8 Å². The first kappa shape index (κ1) is 20.0. The molecule has 0 amide bonds. The van der Waals surface area contributed by atoms with Gasteiger partial charge in [-0.1, -0.05) is 19.1 Å². The highest BCUT2D eigenvalue weighted by Crippen LogP contribution is 2.21. The van der Waals surface area contributed by atoms with Gasteiger partial charge in [0.25, 0.3) is 0 Å². The lowest BCUT2D eigenvalue weighted by Crippen LogP contribution is -2.37. The summed E-state index contributed by atoms with van der Waals surface area (Å²) in [6.45, 7) is 8.96. The molecule has 0 saturated heterocycles. The smallest absolute Gasteiger partial charge is 0.191 e. The molecule has 0 spiro atoms. The summed E-state index contributed by atoms with van der Waals surface area (Å²) >= 11 is 0. The highest BCUT2D eigenvalue weighted by atomic mass is 127. The predicted octanol–water partition coefficient (Wildman–Crippen LogP) is 3.46. The van der Waals surface area contributed by atoms with Gasteiger partial charge >= 0.3 is 0 Å². The first-order valence-corrected chi connectivity index (χ1v) is 7.31. The summed E-state index contributed by atoms with van der Waals surface area (Å²) in [5.74, 6) is 2.01. The van der Waals surface area contributed by atoms with Crippen molar-refractivity contribution in [3.63, 3.8) is 0 Å². The van der Waals surface area contributed by atoms with E-state index in [4.69, 9.17) is 10.5 Å². The van der Waals surface area contributed by atoms with Gasteiger partial charge in [0.05, 0.1) is 7.11 Å². The summed E-state index contributed by atoms with van der Waals surface area (Å²) in [7, 11) is 1.68. The molecule has 120 valence electrons. The van der Waals surface area contributed by atoms with Crippen molar-refractivity contribution in [2.24, 2.45) is 10.7 Å². The summed E-state index contributed by atoms with van der Waals surface area (Å²) in [6.07, 6.45) is 0.994. The number of methoxy groups -OCH3 is 1. The van der Waals surface area contributed by atoms with Crippen molar-refractivity contribution in [2.75, 3.05) is 26.7 Å². The van der Waals surface area contributed by atoms with Crippen LogP contribution in [0.15, 0.2) is 29.3 Å². The van der Waals surface area contributed by atoms with E-state index in [9.17, 15) is 0 Å². The number of rotatable bonds is 7. The van der Waals surface area contributed by atoms with Crippen molar-refractivity contribution >= 4 is 29.9 Å². The Morgan fingerprint density at radius 1 is 1.24 bits per heavy atom. The van der Waals surface area contributed by atoms with E-state index >= 15 is 0 Å². The van der Waals surface area contributed by atoms with Crippen molar-refractivity contribution in [1.29, 1.82) is 0 Å². The minimum Gasteiger partial charge on any atom is -0.497 e. The fraction of sp³-hybridized carbons (Fsp3) is 0.562. The van der Waals surface area contributed by atoms with E-state index in [-0.39, 0.29) is 24.0 Å². The normalized spacial score (nSPS) is 12.5. The molecular formula is C16H28IN3O. The van der Waals surface area contributed by atoms with Crippen LogP contribution in [-0.4, -0.2) is 37.6 Å². The number of ether oxygens (including phenoxy) is 1. The van der Waals surface area contributed by atoms with E-state index in [0.29, 0.717) is 11.9 Å². The van der Waals surface area contributed by atoms with E-state index in [1.807, 2.05) is 12.1 Å². The van der Waals surface area contributed by atoms with Gasteiger partial charge < -0.3 is 15.4 Å². The minimum atomic E-state index is 0. The van der Waals surface area contributed by atoms with Gasteiger partial charge in [-0.3, -0.25) is 4.99 Å². The second-order valence-electron chi connectivity index (χ2n) is 4.88. The van der Waals surface area contributed by atoms with Gasteiger partial charge in [0.1, 0.15) is 5.75 Å². The summed E-state index contributed by atoms with van der Waals surface area (Å²) < 4.78 is 5.17. The number of halogens is 1. The Bertz CT molecular complexity index is 416. The summed E-state index contributed by atoms with van der Waals surface area (Å²) in [6, 6.07) is 8.22. The summed E-state index contributed by atoms with van der Waals surface area (Å²) in [5, 5.41) is 0. The minimum absolute atomic E-state index is 0. The van der Waals surface area contributed by atoms with Crippen molar-refractivity contribution < 1.29 is 4.74 Å². The number of nitrogens with zero attached hydrogens (tertiary/aromatic N) is 2. The Morgan fingerprint density at radius 3 is 2.29 bits per heavy atom. The average Bonchev–Trinajstić information content (AvgIpc) is 2.48. The molecular weight excluding hydrogens is 377 g/mol. The lowest BCUT2D eigenvalue weighted by molar-refractivity contribution is 0.414. The van der Waals surface area contributed by atoms with Gasteiger partial charge in [0.2, 0.25) is 0 Å². The SMILES string of the molecule is CCN(CC)C(N)=NCCC(C)c1ccc(OC)cc1.I. The lowest BCUT2D eigenvalue weighted by Gasteiger charge is -2.19. The fourth-order valence-electron chi connectivity index (χ4n) is 2.12. The molecule has 5 heteroatoms. The fourth-order valence-corrected chi connectivity index (χ4v) is 2.12. The maximum Gasteiger partial charge on any atom is 0.191 e. The molecule has 21 heavy (non-hydrogen) atoms. The molecule has 0 aliphatic heterocycles. The second-order valence-corrected chi connectivity index (χ2v) is 4.88. The molecule has 1 aromatic rings. The monoisotopic (exact) mass is 405 g/mol. The van der Waals surface area contributed by atoms with Crippen LogP contribution < -0.4 is 10.5 Å². The average molecular weight is 405 g/mol. The zero-order valence-corrected chi connectivity index (χ0v) is 15.8. The van der Waals surface area contributed by atoms with Crippen LogP contribution in [0.5, 0.6) is 5.75 Å². The zero-order chi connectivity index (χ0) is 15.0. The number of hydrogen-bond donors (Lipinski definition) is 1. The van der Waals surface area contributed by atoms with Gasteiger partial charge in [-0.05, 0) is 43.9 Å². The molecule has 0 aliphatic carbocycles. The molecule has 0 radical (unpaired) electrons. The maximum absolute atomic E-state index is 5.96. The second kappa shape index (κ2) is 10.7. The number of nitrogens with two attached hydrogens (primary N) is 1. The van der Waals surface area contributed by atoms with Crippen LogP contribution in [0.25, 0.3) is 0 Å². The van der Waals surface area contributed by atoms with Crippen LogP contribution in [0, 0.1) is 0 Å². The Labute approximate surface area is 145 Å². The van der Waals surface area contributed by atoms with Gasteiger partial charge in [0, 0.05) is 19.6 Å². The number of aliphatic imine (C=N–C) groups is 1. The zero-order valence-electron chi connectivity index (χ0n) is 13.5. The first-order chi connectivity index (χ1) is 9.62. The Hall–Kier alpha value is -0.980. The summed E-state index contributed by atoms with van der Waals surface area (Å²) in [4.78, 5) is 6.53. The van der Waals surface area contributed by atoms with E-state index in [1.54, 1.807) is 7.11 Å². The van der Waals surface area contributed by atoms with Crippen LogP contribution in [0.4, 0.5) is 0 Å². The van der Waals surface area contributed by atoms with Crippen LogP contribution in [0.3, 0.4) is 0 Å². The molecule has 0 aromatic heterocycles. The maximum atomic E-state index is 5.96. The van der Waals surface area contributed by atoms with Crippen LogP contribution in [0.2, 0.25) is 0 Å². The third-order valence-corrected chi connectivity index (χ3v) is 3.61. The Morgan fingerprint density at radius 2 is 1.81 bits per heavy atom. The molecule has 1 atom stereocenters. The van der Waals surface area contributed by atoms with Gasteiger partial charge in [-0.2, -0.15) is 0 Å². The predicted molar refractivity (Wildman–Crippen MR) is 101 cm³/mol. The molecule has 0 aliphatic rings. The quantitative estimate of drug-likeness (QED) is 0.430. The number of hydrogen-bond acceptors (Lipinski definition) is 2. The van der Waals surface area contributed by atoms with Gasteiger partial charge in [-0.15, -0.1) is 24.0 Å². The third-order valence-electron chi connectivity index (χ3n) is 3.61. The van der Waals surface area contributed by atoms with E-state index < -0.39 is 0 Å². The Kier molecular flexibility index (Phi) is 10.2. The molecule has 4 nitrogen and oxygen atoms in total. The lowest BCUT2D eigenvalue weighted by atomic mass is 9.98. The van der Waals surface area contributed by atoms with Crippen LogP contribution >= 0.6 is 24.0 Å². The molecule has 1 unspecified atom stereocenters. The highest BCUT2D eigenvalue weighted by Gasteiger charge is 2.06. The first-order valence-electron chi connectivity index (χ1n) is 7.31. The number of guanidine groups is 1. The van der Waals surface area contributed by atoms with E-state index in [0.717, 1.165) is 31.8 Å². The molecule has 0 heterocycles. The van der Waals surface area contributed by atoms with Crippen molar-refractivity contribution in [2.45, 2.75) is 33.1 Å². The summed E-state index contributed by atoms with van der Waals surface area (Å²) in [5.41, 5.74) is 7.27. The van der Waals surface area contributed by atoms with Crippen molar-refractivity contribution in [3.05, 3.63) is 29.8 Å². The molecule has 2 N–H and O–H groups in total. The van der Waals surface area contributed by atoms with Gasteiger partial charge in [0.15, 0.2) is 5.96 Å². The van der Waals surface area contributed by atoms with Crippen molar-refractivity contribution in [1.82, 2.24) is 4.90 Å². The molecule has 0 saturated carbocycles. The highest BCUT2D eigenvalue weighted by molar-refractivity contribution is 14.0. The molecule has 1 aromatic carbocycles. The molecule has 0 bridgehead atoms. The standard InChI is InChI=1S/C16H27N3O.HI/c1-5-19(6-2)16(17)18-12-11-13(3)14-7-9-15(20-4)10-8-14;/h7-10,13H,5-6,11-12H2,1-4H3,(H2,17,18);1H. The largest absolute Gasteiger partial charge is 0.497 e. The third kappa shape index (κ3) is 6.54. The molecule has 0 fully saturated rings. The topological polar surface area (TPSA) is 50.8 Å². The van der Waals surface area contributed by atoms with Gasteiger partial charge in [-0.25, -0.2) is 0 Å². The Balaban J connectivity index is 0.00000400. The van der Waals surface area contributed by atoms with Crippen molar-refractivity contribution in [3.8, 4) is 5.75 Å².